The topological polar surface area (TPSA) is 26.0 Å². The van der Waals surface area contributed by atoms with Crippen LogP contribution in [0.1, 0.15) is 11.1 Å². The van der Waals surface area contributed by atoms with Gasteiger partial charge in [-0.2, -0.15) is 0 Å². The van der Waals surface area contributed by atoms with Crippen molar-refractivity contribution in [1.82, 2.24) is 5.32 Å². The minimum absolute atomic E-state index is 1.05. The quantitative estimate of drug-likeness (QED) is 0.430. The highest BCUT2D eigenvalue weighted by molar-refractivity contribution is 5.94. The lowest BCUT2D eigenvalue weighted by Gasteiger charge is -1.98. The average molecular weight is 163 g/mol. The summed E-state index contributed by atoms with van der Waals surface area (Å²) in [5, 5.41) is 3.09. The summed E-state index contributed by atoms with van der Waals surface area (Å²) in [6.45, 7) is 2.09. The van der Waals surface area contributed by atoms with Gasteiger partial charge in [0, 0.05) is 0 Å². The Hall–Kier alpha value is -1.31. The number of nitrogens with one attached hydrogen (secondary N) is 2. The first-order valence-corrected chi connectivity index (χ1v) is 4.07. The van der Waals surface area contributed by atoms with Crippen molar-refractivity contribution in [3.8, 4) is 0 Å². The number of benzene rings is 1. The molecule has 0 atom stereocenters. The van der Waals surface area contributed by atoms with Crippen LogP contribution in [0.4, 0.5) is 0 Å². The molecule has 12 heavy (non-hydrogen) atoms. The predicted molar refractivity (Wildman–Crippen MR) is 51.2 cm³/mol. The van der Waals surface area contributed by atoms with Crippen molar-refractivity contribution < 1.29 is 4.99 Å². The summed E-state index contributed by atoms with van der Waals surface area (Å²) >= 11 is 0. The van der Waals surface area contributed by atoms with Crippen molar-refractivity contribution in [3.63, 3.8) is 0 Å². The molecule has 2 nitrogen and oxygen atoms in total. The Kier molecular flexibility index (Phi) is 2.86. The molecule has 2 heteroatoms. The molecule has 0 aliphatic rings. The van der Waals surface area contributed by atoms with E-state index in [0.717, 1.165) is 5.84 Å². The highest BCUT2D eigenvalue weighted by atomic mass is 14.9. The van der Waals surface area contributed by atoms with E-state index in [0.29, 0.717) is 0 Å². The molecule has 0 radical (unpaired) electrons. The van der Waals surface area contributed by atoms with Crippen molar-refractivity contribution >= 4 is 5.84 Å². The summed E-state index contributed by atoms with van der Waals surface area (Å²) in [6.07, 6.45) is 0. The van der Waals surface area contributed by atoms with Gasteiger partial charge in [0.05, 0.1) is 19.7 Å². The maximum Gasteiger partial charge on any atom is 0.274 e. The molecule has 64 valence electrons. The molecule has 0 unspecified atom stereocenters. The van der Waals surface area contributed by atoms with E-state index in [-0.39, 0.29) is 0 Å². The molecule has 0 bridgehead atoms. The molecule has 1 aromatic rings. The Balaban J connectivity index is 2.96. The smallest absolute Gasteiger partial charge is 0.274 e. The van der Waals surface area contributed by atoms with E-state index in [1.807, 2.05) is 14.1 Å². The van der Waals surface area contributed by atoms with Crippen LogP contribution < -0.4 is 10.3 Å². The Bertz CT molecular complexity index is 272. The lowest BCUT2D eigenvalue weighted by atomic mass is 10.1. The van der Waals surface area contributed by atoms with Crippen LogP contribution in [0.15, 0.2) is 24.3 Å². The van der Waals surface area contributed by atoms with Gasteiger partial charge in [-0.15, -0.1) is 0 Å². The first-order valence-electron chi connectivity index (χ1n) is 4.07. The van der Waals surface area contributed by atoms with Gasteiger partial charge in [-0.3, -0.25) is 10.3 Å². The highest BCUT2D eigenvalue weighted by Gasteiger charge is 2.03. The van der Waals surface area contributed by atoms with Crippen LogP contribution in [0.2, 0.25) is 0 Å². The zero-order valence-electron chi connectivity index (χ0n) is 7.81. The fourth-order valence-corrected chi connectivity index (χ4v) is 1.13. The fraction of sp³-hybridized carbons (Fsp3) is 0.300. The average Bonchev–Trinajstić information content (AvgIpc) is 2.10. The second-order valence-electron chi connectivity index (χ2n) is 2.74. The summed E-state index contributed by atoms with van der Waals surface area (Å²) in [5.41, 5.74) is 2.47. The maximum atomic E-state index is 3.09. The van der Waals surface area contributed by atoms with Crippen LogP contribution in [-0.2, 0) is 0 Å². The van der Waals surface area contributed by atoms with E-state index in [2.05, 4.69) is 41.5 Å². The summed E-state index contributed by atoms with van der Waals surface area (Å²) in [4.78, 5) is 3.09. The maximum absolute atomic E-state index is 3.09. The van der Waals surface area contributed by atoms with E-state index >= 15 is 0 Å². The minimum Gasteiger partial charge on any atom is -0.277 e. The molecule has 0 fully saturated rings. The van der Waals surface area contributed by atoms with Crippen LogP contribution in [-0.4, -0.2) is 19.9 Å². The van der Waals surface area contributed by atoms with Gasteiger partial charge in [0.15, 0.2) is 0 Å². The van der Waals surface area contributed by atoms with Crippen LogP contribution in [0.25, 0.3) is 0 Å². The molecule has 1 aromatic carbocycles. The van der Waals surface area contributed by atoms with Crippen LogP contribution in [0.3, 0.4) is 0 Å². The van der Waals surface area contributed by atoms with E-state index in [4.69, 9.17) is 0 Å². The Morgan fingerprint density at radius 2 is 1.83 bits per heavy atom. The highest BCUT2D eigenvalue weighted by Crippen LogP contribution is 2.00. The van der Waals surface area contributed by atoms with Gasteiger partial charge >= 0.3 is 0 Å². The lowest BCUT2D eigenvalue weighted by Crippen LogP contribution is -2.71. The summed E-state index contributed by atoms with van der Waals surface area (Å²) < 4.78 is 0. The molecule has 0 aliphatic carbocycles. The van der Waals surface area contributed by atoms with Crippen molar-refractivity contribution in [2.75, 3.05) is 14.1 Å². The Morgan fingerprint density at radius 3 is 2.25 bits per heavy atom. The molecule has 0 saturated carbocycles. The number of rotatable bonds is 1. The fourth-order valence-electron chi connectivity index (χ4n) is 1.13. The molecule has 2 N–H and O–H groups in total. The van der Waals surface area contributed by atoms with E-state index in [1.165, 1.54) is 11.1 Å². The first-order chi connectivity index (χ1) is 5.77. The van der Waals surface area contributed by atoms with Gasteiger partial charge in [-0.1, -0.05) is 17.7 Å². The zero-order chi connectivity index (χ0) is 8.97. The molecular weight excluding hydrogens is 148 g/mol. The molecule has 1 rings (SSSR count). The van der Waals surface area contributed by atoms with Gasteiger partial charge in [0.25, 0.3) is 5.84 Å². The zero-order valence-corrected chi connectivity index (χ0v) is 7.81. The van der Waals surface area contributed by atoms with Crippen LogP contribution in [0, 0.1) is 6.92 Å². The lowest BCUT2D eigenvalue weighted by molar-refractivity contribution is -0.421. The number of hydrogen-bond donors (Lipinski definition) is 2. The summed E-state index contributed by atoms with van der Waals surface area (Å²) in [7, 11) is 3.82. The molecular formula is C10H15N2+. The van der Waals surface area contributed by atoms with Crippen molar-refractivity contribution in [3.05, 3.63) is 35.4 Å². The van der Waals surface area contributed by atoms with Gasteiger partial charge in [0.2, 0.25) is 0 Å². The van der Waals surface area contributed by atoms with Gasteiger partial charge < -0.3 is 0 Å². The van der Waals surface area contributed by atoms with Gasteiger partial charge in [-0.25, -0.2) is 0 Å². The van der Waals surface area contributed by atoms with Gasteiger partial charge in [0.1, 0.15) is 0 Å². The monoisotopic (exact) mass is 163 g/mol. The first kappa shape index (κ1) is 8.78. The third-order valence-electron chi connectivity index (χ3n) is 1.84. The van der Waals surface area contributed by atoms with E-state index in [1.54, 1.807) is 0 Å². The minimum atomic E-state index is 1.05. The molecule has 0 saturated heterocycles. The molecule has 0 aromatic heterocycles. The Labute approximate surface area is 73.3 Å². The van der Waals surface area contributed by atoms with E-state index < -0.39 is 0 Å². The van der Waals surface area contributed by atoms with Gasteiger partial charge in [-0.05, 0) is 19.1 Å². The number of aryl methyl sites for hydroxylation is 1. The van der Waals surface area contributed by atoms with Crippen LogP contribution in [0.5, 0.6) is 0 Å². The number of amidine groups is 1. The standard InChI is InChI=1S/C10H14N2/c1-8-4-6-9(7-5-8)10(11-2)12-3/h4-7H,1-3H3,(H,11,12)/p+1. The van der Waals surface area contributed by atoms with Crippen molar-refractivity contribution in [2.45, 2.75) is 6.92 Å². The largest absolute Gasteiger partial charge is 0.277 e. The van der Waals surface area contributed by atoms with Crippen molar-refractivity contribution in [1.29, 1.82) is 0 Å². The van der Waals surface area contributed by atoms with E-state index in [9.17, 15) is 0 Å². The second-order valence-corrected chi connectivity index (χ2v) is 2.74. The molecule has 0 aliphatic heterocycles. The Morgan fingerprint density at radius 1 is 1.25 bits per heavy atom. The molecule has 0 heterocycles. The number of hydrogen-bond acceptors (Lipinski definition) is 0. The molecule has 0 spiro atoms. The molecule has 0 amide bonds. The predicted octanol–water partition coefficient (Wildman–Crippen LogP) is -0.329. The third-order valence-corrected chi connectivity index (χ3v) is 1.84. The van der Waals surface area contributed by atoms with Crippen molar-refractivity contribution in [2.24, 2.45) is 0 Å². The summed E-state index contributed by atoms with van der Waals surface area (Å²) in [6, 6.07) is 8.39. The normalized spacial score (nSPS) is 11.4. The third kappa shape index (κ3) is 1.84. The SMILES string of the molecule is CNC(=[NH+]C)c1ccc(C)cc1. The second kappa shape index (κ2) is 3.90. The van der Waals surface area contributed by atoms with Crippen LogP contribution >= 0.6 is 0 Å². The summed E-state index contributed by atoms with van der Waals surface area (Å²) in [5.74, 6) is 1.05.